The lowest BCUT2D eigenvalue weighted by atomic mass is 9.93. The van der Waals surface area contributed by atoms with Crippen molar-refractivity contribution in [1.82, 2.24) is 0 Å². The Labute approximate surface area is 146 Å². The molecule has 1 N–H and O–H groups in total. The van der Waals surface area contributed by atoms with Gasteiger partial charge in [0.25, 0.3) is 0 Å². The van der Waals surface area contributed by atoms with E-state index >= 15 is 0 Å². The van der Waals surface area contributed by atoms with Crippen LogP contribution < -0.4 is 0 Å². The van der Waals surface area contributed by atoms with Gasteiger partial charge in [0.05, 0.1) is 6.61 Å². The van der Waals surface area contributed by atoms with Crippen molar-refractivity contribution in [1.29, 1.82) is 0 Å². The van der Waals surface area contributed by atoms with E-state index in [2.05, 4.69) is 6.58 Å². The maximum atomic E-state index is 13.1. The number of halogens is 1. The second kappa shape index (κ2) is 9.96. The number of rotatable bonds is 9. The summed E-state index contributed by atoms with van der Waals surface area (Å²) in [5, 5.41) is 8.82. The molecule has 6 heteroatoms. The molecule has 0 aliphatic carbocycles. The van der Waals surface area contributed by atoms with E-state index in [4.69, 9.17) is 19.3 Å². The minimum Gasteiger partial charge on any atom is -0.458 e. The molecule has 0 fully saturated rings. The van der Waals surface area contributed by atoms with E-state index in [0.717, 1.165) is 5.56 Å². The summed E-state index contributed by atoms with van der Waals surface area (Å²) in [6, 6.07) is 6.12. The Morgan fingerprint density at radius 1 is 1.36 bits per heavy atom. The summed E-state index contributed by atoms with van der Waals surface area (Å²) in [5.41, 5.74) is 0.864. The van der Waals surface area contributed by atoms with Gasteiger partial charge in [-0.3, -0.25) is 0 Å². The van der Waals surface area contributed by atoms with Crippen LogP contribution in [0.4, 0.5) is 4.39 Å². The Hall–Kier alpha value is -2.18. The number of hydrogen-bond donors (Lipinski definition) is 1. The quantitative estimate of drug-likeness (QED) is 0.421. The van der Waals surface area contributed by atoms with Crippen molar-refractivity contribution >= 4 is 5.97 Å². The van der Waals surface area contributed by atoms with Gasteiger partial charge in [-0.1, -0.05) is 24.8 Å². The van der Waals surface area contributed by atoms with Gasteiger partial charge >= 0.3 is 5.97 Å². The zero-order valence-electron chi connectivity index (χ0n) is 14.0. The third-order valence-electron chi connectivity index (χ3n) is 3.75. The Kier molecular flexibility index (Phi) is 7.63. The highest BCUT2D eigenvalue weighted by Crippen LogP contribution is 2.32. The van der Waals surface area contributed by atoms with Crippen molar-refractivity contribution < 1.29 is 28.5 Å². The molecule has 0 saturated carbocycles. The first-order valence-electron chi connectivity index (χ1n) is 8.28. The Bertz CT molecular complexity index is 596. The zero-order valence-corrected chi connectivity index (χ0v) is 14.0. The number of hydrogen-bond acceptors (Lipinski definition) is 5. The molecule has 0 radical (unpaired) electrons. The summed E-state index contributed by atoms with van der Waals surface area (Å²) in [7, 11) is 0. The van der Waals surface area contributed by atoms with Crippen LogP contribution in [0, 0.1) is 5.82 Å². The molecule has 0 bridgehead atoms. The first kappa shape index (κ1) is 19.1. The molecule has 0 saturated heterocycles. The van der Waals surface area contributed by atoms with Gasteiger partial charge < -0.3 is 19.3 Å². The zero-order chi connectivity index (χ0) is 18.1. The SMILES string of the molecule is C=CCOC(=O)C1=C[C@@H](c2ccc(F)cc2)C[C@@H](OCCCCO)O1. The van der Waals surface area contributed by atoms with Crippen molar-refractivity contribution in [3.63, 3.8) is 0 Å². The van der Waals surface area contributed by atoms with Gasteiger partial charge in [0.1, 0.15) is 12.4 Å². The maximum absolute atomic E-state index is 13.1. The van der Waals surface area contributed by atoms with Crippen molar-refractivity contribution in [2.75, 3.05) is 19.8 Å². The van der Waals surface area contributed by atoms with Crippen LogP contribution in [0.2, 0.25) is 0 Å². The number of benzene rings is 1. The van der Waals surface area contributed by atoms with E-state index in [0.29, 0.717) is 25.9 Å². The molecule has 1 aromatic carbocycles. The van der Waals surface area contributed by atoms with Crippen LogP contribution in [0.5, 0.6) is 0 Å². The highest BCUT2D eigenvalue weighted by Gasteiger charge is 2.29. The molecule has 0 spiro atoms. The molecule has 0 amide bonds. The fourth-order valence-corrected chi connectivity index (χ4v) is 2.48. The van der Waals surface area contributed by atoms with Crippen LogP contribution in [-0.4, -0.2) is 37.2 Å². The second-order valence-electron chi connectivity index (χ2n) is 5.66. The van der Waals surface area contributed by atoms with E-state index in [1.54, 1.807) is 18.2 Å². The molecule has 2 rings (SSSR count). The van der Waals surface area contributed by atoms with Crippen molar-refractivity contribution in [3.05, 3.63) is 60.1 Å². The smallest absolute Gasteiger partial charge is 0.373 e. The number of carbonyl (C=O) groups is 1. The van der Waals surface area contributed by atoms with Gasteiger partial charge in [-0.2, -0.15) is 0 Å². The van der Waals surface area contributed by atoms with Crippen molar-refractivity contribution in [3.8, 4) is 0 Å². The minimum atomic E-state index is -0.606. The largest absolute Gasteiger partial charge is 0.458 e. The normalized spacial score (nSPS) is 19.7. The lowest BCUT2D eigenvalue weighted by molar-refractivity contribution is -0.160. The summed E-state index contributed by atoms with van der Waals surface area (Å²) in [6.07, 6.45) is 4.37. The third-order valence-corrected chi connectivity index (χ3v) is 3.75. The van der Waals surface area contributed by atoms with Crippen LogP contribution in [0.15, 0.2) is 48.8 Å². The third kappa shape index (κ3) is 5.99. The summed E-state index contributed by atoms with van der Waals surface area (Å²) >= 11 is 0. The van der Waals surface area contributed by atoms with E-state index in [1.165, 1.54) is 18.2 Å². The number of allylic oxidation sites excluding steroid dienone is 1. The molecule has 0 aromatic heterocycles. The van der Waals surface area contributed by atoms with Gasteiger partial charge in [0.15, 0.2) is 0 Å². The van der Waals surface area contributed by atoms with Gasteiger partial charge in [-0.05, 0) is 36.6 Å². The standard InChI is InChI=1S/C19H23FO5/c1-2-10-24-19(22)17-12-15(14-5-7-16(20)8-6-14)13-18(25-17)23-11-4-3-9-21/h2,5-8,12,15,18,21H,1,3-4,9-11,13H2/t15-,18+/m1/s1. The Morgan fingerprint density at radius 3 is 2.80 bits per heavy atom. The average molecular weight is 350 g/mol. The van der Waals surface area contributed by atoms with Crippen LogP contribution in [0.1, 0.15) is 30.7 Å². The topological polar surface area (TPSA) is 65.0 Å². The number of esters is 1. The van der Waals surface area contributed by atoms with Crippen LogP contribution in [0.3, 0.4) is 0 Å². The fourth-order valence-electron chi connectivity index (χ4n) is 2.48. The molecular weight excluding hydrogens is 327 g/mol. The summed E-state index contributed by atoms with van der Waals surface area (Å²) < 4.78 is 29.4. The lowest BCUT2D eigenvalue weighted by Crippen LogP contribution is -2.28. The van der Waals surface area contributed by atoms with Gasteiger partial charge in [-0.25, -0.2) is 9.18 Å². The van der Waals surface area contributed by atoms with E-state index in [9.17, 15) is 9.18 Å². The van der Waals surface area contributed by atoms with E-state index < -0.39 is 12.3 Å². The minimum absolute atomic E-state index is 0.0783. The fraction of sp³-hybridized carbons (Fsp3) is 0.421. The second-order valence-corrected chi connectivity index (χ2v) is 5.66. The average Bonchev–Trinajstić information content (AvgIpc) is 2.63. The van der Waals surface area contributed by atoms with Crippen LogP contribution in [-0.2, 0) is 19.0 Å². The predicted octanol–water partition coefficient (Wildman–Crippen LogP) is 3.06. The first-order chi connectivity index (χ1) is 12.1. The molecule has 2 atom stereocenters. The Morgan fingerprint density at radius 2 is 2.12 bits per heavy atom. The van der Waals surface area contributed by atoms with E-state index in [-0.39, 0.29) is 30.7 Å². The molecule has 1 aromatic rings. The van der Waals surface area contributed by atoms with Gasteiger partial charge in [-0.15, -0.1) is 0 Å². The van der Waals surface area contributed by atoms with E-state index in [1.807, 2.05) is 0 Å². The summed E-state index contributed by atoms with van der Waals surface area (Å²) in [5.74, 6) is -0.976. The number of carbonyl (C=O) groups excluding carboxylic acids is 1. The molecule has 1 aliphatic heterocycles. The Balaban J connectivity index is 2.10. The summed E-state index contributed by atoms with van der Waals surface area (Å²) in [4.78, 5) is 12.1. The molecule has 25 heavy (non-hydrogen) atoms. The van der Waals surface area contributed by atoms with Crippen molar-refractivity contribution in [2.45, 2.75) is 31.5 Å². The first-order valence-corrected chi connectivity index (χ1v) is 8.28. The maximum Gasteiger partial charge on any atom is 0.373 e. The molecule has 0 unspecified atom stereocenters. The molecule has 136 valence electrons. The number of aliphatic hydroxyl groups excluding tert-OH is 1. The van der Waals surface area contributed by atoms with Crippen LogP contribution >= 0.6 is 0 Å². The number of unbranched alkanes of at least 4 members (excludes halogenated alkanes) is 1. The predicted molar refractivity (Wildman–Crippen MR) is 90.1 cm³/mol. The highest BCUT2D eigenvalue weighted by atomic mass is 19.1. The van der Waals surface area contributed by atoms with Crippen LogP contribution in [0.25, 0.3) is 0 Å². The summed E-state index contributed by atoms with van der Waals surface area (Å²) in [6.45, 7) is 4.11. The molecule has 1 heterocycles. The van der Waals surface area contributed by atoms with Gasteiger partial charge in [0, 0.05) is 18.9 Å². The molecule has 1 aliphatic rings. The monoisotopic (exact) mass is 350 g/mol. The lowest BCUT2D eigenvalue weighted by Gasteiger charge is -2.29. The van der Waals surface area contributed by atoms with Gasteiger partial charge in [0.2, 0.25) is 12.0 Å². The number of ether oxygens (including phenoxy) is 3. The highest BCUT2D eigenvalue weighted by molar-refractivity contribution is 5.86. The number of aliphatic hydroxyl groups is 1. The van der Waals surface area contributed by atoms with Crippen molar-refractivity contribution in [2.24, 2.45) is 0 Å². The molecular formula is C19H23FO5. The molecule has 5 nitrogen and oxygen atoms in total.